The second-order valence-corrected chi connectivity index (χ2v) is 5.72. The molecule has 0 radical (unpaired) electrons. The van der Waals surface area contributed by atoms with Gasteiger partial charge in [0.1, 0.15) is 0 Å². The third kappa shape index (κ3) is 3.50. The van der Waals surface area contributed by atoms with Crippen LogP contribution in [0.5, 0.6) is 0 Å². The molecule has 1 aliphatic rings. The number of thioether (sulfide) groups is 1. The van der Waals surface area contributed by atoms with Crippen LogP contribution in [0.15, 0.2) is 24.3 Å². The number of nitrogens with zero attached hydrogens (tertiary/aromatic N) is 1. The maximum absolute atomic E-state index is 12.3. The van der Waals surface area contributed by atoms with Crippen LogP contribution in [0.1, 0.15) is 22.3 Å². The Hall–Kier alpha value is -1.00. The molecular weight excluding hydrogens is 244 g/mol. The molecule has 98 valence electrons. The quantitative estimate of drug-likeness (QED) is 0.905. The van der Waals surface area contributed by atoms with Gasteiger partial charge in [-0.15, -0.1) is 0 Å². The lowest BCUT2D eigenvalue weighted by Gasteiger charge is -2.20. The van der Waals surface area contributed by atoms with Crippen LogP contribution in [0, 0.1) is 0 Å². The first-order valence-electron chi connectivity index (χ1n) is 6.47. The highest BCUT2D eigenvalue weighted by Gasteiger charge is 2.16. The normalized spacial score (nSPS) is 16.4. The predicted molar refractivity (Wildman–Crippen MR) is 77.0 cm³/mol. The molecule has 1 aromatic rings. The lowest BCUT2D eigenvalue weighted by atomic mass is 10.1. The van der Waals surface area contributed by atoms with E-state index in [1.807, 2.05) is 40.9 Å². The number of carbonyl (C=O) groups is 1. The highest BCUT2D eigenvalue weighted by Crippen LogP contribution is 2.14. The van der Waals surface area contributed by atoms with Gasteiger partial charge in [-0.1, -0.05) is 12.1 Å². The fourth-order valence-corrected chi connectivity index (χ4v) is 3.00. The Morgan fingerprint density at radius 3 is 2.72 bits per heavy atom. The minimum atomic E-state index is 0.164. The number of carbonyl (C=O) groups excluding carboxylic acids is 1. The van der Waals surface area contributed by atoms with Gasteiger partial charge in [-0.3, -0.25) is 4.79 Å². The summed E-state index contributed by atoms with van der Waals surface area (Å²) >= 11 is 1.93. The number of nitrogens with two attached hydrogens (primary N) is 1. The van der Waals surface area contributed by atoms with Crippen molar-refractivity contribution in [3.05, 3.63) is 35.4 Å². The van der Waals surface area contributed by atoms with Crippen LogP contribution in [-0.4, -0.2) is 41.9 Å². The fraction of sp³-hybridized carbons (Fsp3) is 0.500. The average molecular weight is 264 g/mol. The van der Waals surface area contributed by atoms with E-state index in [4.69, 9.17) is 5.73 Å². The Morgan fingerprint density at radius 2 is 2.00 bits per heavy atom. The van der Waals surface area contributed by atoms with Crippen molar-refractivity contribution in [2.45, 2.75) is 12.8 Å². The molecular formula is C14H20N2OS. The summed E-state index contributed by atoms with van der Waals surface area (Å²) in [6.07, 6.45) is 1.97. The van der Waals surface area contributed by atoms with E-state index in [-0.39, 0.29) is 5.91 Å². The Kier molecular flexibility index (Phi) is 5.08. The zero-order valence-electron chi connectivity index (χ0n) is 10.6. The number of hydrogen-bond donors (Lipinski definition) is 1. The Morgan fingerprint density at radius 1 is 1.22 bits per heavy atom. The molecule has 1 amide bonds. The molecule has 0 spiro atoms. The summed E-state index contributed by atoms with van der Waals surface area (Å²) in [6, 6.07) is 7.86. The van der Waals surface area contributed by atoms with Crippen molar-refractivity contribution >= 4 is 17.7 Å². The monoisotopic (exact) mass is 264 g/mol. The zero-order chi connectivity index (χ0) is 12.8. The molecule has 18 heavy (non-hydrogen) atoms. The molecule has 1 aliphatic heterocycles. The number of benzene rings is 1. The number of rotatable bonds is 3. The maximum Gasteiger partial charge on any atom is 0.253 e. The van der Waals surface area contributed by atoms with Crippen molar-refractivity contribution in [1.29, 1.82) is 0 Å². The predicted octanol–water partition coefficient (Wildman–Crippen LogP) is 1.77. The van der Waals surface area contributed by atoms with E-state index < -0.39 is 0 Å². The van der Waals surface area contributed by atoms with Gasteiger partial charge in [0.25, 0.3) is 5.91 Å². The minimum Gasteiger partial charge on any atom is -0.338 e. The first-order valence-corrected chi connectivity index (χ1v) is 7.63. The molecule has 3 nitrogen and oxygen atoms in total. The molecule has 2 N–H and O–H groups in total. The van der Waals surface area contributed by atoms with E-state index in [0.717, 1.165) is 37.2 Å². The molecule has 0 aliphatic carbocycles. The Labute approximate surface area is 113 Å². The van der Waals surface area contributed by atoms with Crippen LogP contribution in [0.2, 0.25) is 0 Å². The summed E-state index contributed by atoms with van der Waals surface area (Å²) in [7, 11) is 0. The van der Waals surface area contributed by atoms with Gasteiger partial charge < -0.3 is 10.6 Å². The lowest BCUT2D eigenvalue weighted by Crippen LogP contribution is -2.32. The van der Waals surface area contributed by atoms with Crippen LogP contribution in [0.25, 0.3) is 0 Å². The smallest absolute Gasteiger partial charge is 0.253 e. The second kappa shape index (κ2) is 6.81. The molecule has 0 atom stereocenters. The van der Waals surface area contributed by atoms with Crippen LogP contribution in [-0.2, 0) is 6.42 Å². The van der Waals surface area contributed by atoms with Gasteiger partial charge >= 0.3 is 0 Å². The molecule has 4 heteroatoms. The minimum absolute atomic E-state index is 0.164. The molecule has 1 aromatic carbocycles. The lowest BCUT2D eigenvalue weighted by molar-refractivity contribution is 0.0768. The van der Waals surface area contributed by atoms with Gasteiger partial charge in [0.2, 0.25) is 0 Å². The molecule has 0 aromatic heterocycles. The SMILES string of the molecule is NCCc1ccc(C(=O)N2CCCSCC2)cc1. The van der Waals surface area contributed by atoms with E-state index in [0.29, 0.717) is 6.54 Å². The maximum atomic E-state index is 12.3. The van der Waals surface area contributed by atoms with Gasteiger partial charge in [0.15, 0.2) is 0 Å². The number of hydrogen-bond acceptors (Lipinski definition) is 3. The van der Waals surface area contributed by atoms with Gasteiger partial charge in [-0.2, -0.15) is 11.8 Å². The highest BCUT2D eigenvalue weighted by atomic mass is 32.2. The molecule has 0 saturated carbocycles. The first-order chi connectivity index (χ1) is 8.81. The molecule has 1 heterocycles. The summed E-state index contributed by atoms with van der Waals surface area (Å²) in [5, 5.41) is 0. The standard InChI is InChI=1S/C14H20N2OS/c15-7-6-12-2-4-13(5-3-12)14(17)16-8-1-10-18-11-9-16/h2-5H,1,6-11,15H2. The topological polar surface area (TPSA) is 46.3 Å². The van der Waals surface area contributed by atoms with Gasteiger partial charge in [-0.05, 0) is 42.8 Å². The van der Waals surface area contributed by atoms with Crippen LogP contribution >= 0.6 is 11.8 Å². The van der Waals surface area contributed by atoms with Crippen molar-refractivity contribution < 1.29 is 4.79 Å². The summed E-state index contributed by atoms with van der Waals surface area (Å²) in [5.74, 6) is 2.38. The van der Waals surface area contributed by atoms with E-state index in [1.54, 1.807) is 0 Å². The number of amides is 1. The second-order valence-electron chi connectivity index (χ2n) is 4.49. The van der Waals surface area contributed by atoms with Crippen molar-refractivity contribution in [2.24, 2.45) is 5.73 Å². The van der Waals surface area contributed by atoms with Gasteiger partial charge in [0.05, 0.1) is 0 Å². The van der Waals surface area contributed by atoms with Crippen LogP contribution < -0.4 is 5.73 Å². The average Bonchev–Trinajstić information content (AvgIpc) is 2.68. The van der Waals surface area contributed by atoms with Crippen molar-refractivity contribution in [3.8, 4) is 0 Å². The third-order valence-electron chi connectivity index (χ3n) is 3.14. The first kappa shape index (κ1) is 13.4. The van der Waals surface area contributed by atoms with Crippen molar-refractivity contribution in [1.82, 2.24) is 4.90 Å². The Bertz CT molecular complexity index is 383. The Balaban J connectivity index is 2.02. The summed E-state index contributed by atoms with van der Waals surface area (Å²) < 4.78 is 0. The van der Waals surface area contributed by atoms with Crippen LogP contribution in [0.4, 0.5) is 0 Å². The molecule has 0 unspecified atom stereocenters. The van der Waals surface area contributed by atoms with E-state index in [2.05, 4.69) is 0 Å². The summed E-state index contributed by atoms with van der Waals surface area (Å²) in [6.45, 7) is 2.40. The molecule has 1 fully saturated rings. The fourth-order valence-electron chi connectivity index (χ4n) is 2.11. The van der Waals surface area contributed by atoms with Gasteiger partial charge in [0, 0.05) is 24.4 Å². The van der Waals surface area contributed by atoms with E-state index >= 15 is 0 Å². The zero-order valence-corrected chi connectivity index (χ0v) is 11.4. The van der Waals surface area contributed by atoms with Crippen LogP contribution in [0.3, 0.4) is 0 Å². The van der Waals surface area contributed by atoms with E-state index in [1.165, 1.54) is 11.3 Å². The van der Waals surface area contributed by atoms with Gasteiger partial charge in [-0.25, -0.2) is 0 Å². The highest BCUT2D eigenvalue weighted by molar-refractivity contribution is 7.99. The van der Waals surface area contributed by atoms with E-state index in [9.17, 15) is 4.79 Å². The third-order valence-corrected chi connectivity index (χ3v) is 4.19. The van der Waals surface area contributed by atoms with Crippen molar-refractivity contribution in [2.75, 3.05) is 31.1 Å². The van der Waals surface area contributed by atoms with Crippen molar-refractivity contribution in [3.63, 3.8) is 0 Å². The largest absolute Gasteiger partial charge is 0.338 e. The summed E-state index contributed by atoms with van der Waals surface area (Å²) in [5.41, 5.74) is 7.50. The summed E-state index contributed by atoms with van der Waals surface area (Å²) in [4.78, 5) is 14.3. The molecule has 1 saturated heterocycles. The molecule has 0 bridgehead atoms. The molecule has 2 rings (SSSR count).